The maximum Gasteiger partial charge on any atom is 0.208 e. The normalized spacial score (nSPS) is 11.9. The second-order valence-electron chi connectivity index (χ2n) is 4.15. The van der Waals surface area contributed by atoms with Gasteiger partial charge in [-0.15, -0.1) is 11.3 Å². The molecule has 0 aliphatic carbocycles. The Bertz CT molecular complexity index is 332. The first-order chi connectivity index (χ1) is 8.19. The summed E-state index contributed by atoms with van der Waals surface area (Å²) in [6, 6.07) is 4.56. The van der Waals surface area contributed by atoms with Gasteiger partial charge in [-0.2, -0.15) is 0 Å². The highest BCUT2D eigenvalue weighted by molar-refractivity contribution is 7.09. The number of rotatable bonds is 5. The van der Waals surface area contributed by atoms with E-state index in [0.29, 0.717) is 6.04 Å². The third-order valence-electron chi connectivity index (χ3n) is 2.42. The van der Waals surface area contributed by atoms with Crippen molar-refractivity contribution < 1.29 is 0 Å². The Labute approximate surface area is 108 Å². The van der Waals surface area contributed by atoms with Crippen molar-refractivity contribution >= 4 is 17.3 Å². The molecule has 1 aromatic heterocycles. The van der Waals surface area contributed by atoms with E-state index < -0.39 is 0 Å². The lowest BCUT2D eigenvalue weighted by Gasteiger charge is -2.29. The lowest BCUT2D eigenvalue weighted by Crippen LogP contribution is -2.47. The molecular formula is C12H22N4S. The van der Waals surface area contributed by atoms with Gasteiger partial charge in [0.1, 0.15) is 0 Å². The molecule has 4 nitrogen and oxygen atoms in total. The minimum atomic E-state index is 0.365. The first-order valence-electron chi connectivity index (χ1n) is 5.99. The van der Waals surface area contributed by atoms with Crippen LogP contribution in [0, 0.1) is 0 Å². The minimum absolute atomic E-state index is 0.365. The molecule has 0 aliphatic heterocycles. The van der Waals surface area contributed by atoms with Crippen LogP contribution in [-0.2, 0) is 6.54 Å². The van der Waals surface area contributed by atoms with E-state index in [1.54, 1.807) is 11.3 Å². The van der Waals surface area contributed by atoms with Gasteiger partial charge in [0.05, 0.1) is 6.54 Å². The van der Waals surface area contributed by atoms with Crippen molar-refractivity contribution in [2.24, 2.45) is 10.8 Å². The molecule has 0 radical (unpaired) electrons. The number of nitrogens with zero attached hydrogens (tertiary/aromatic N) is 2. The second-order valence-corrected chi connectivity index (χ2v) is 5.18. The predicted molar refractivity (Wildman–Crippen MR) is 74.9 cm³/mol. The molecule has 17 heavy (non-hydrogen) atoms. The summed E-state index contributed by atoms with van der Waals surface area (Å²) < 4.78 is 0. The molecule has 1 rings (SSSR count). The molecule has 0 bridgehead atoms. The SMILES string of the molecule is CCCN=C(NN)N(Cc1cccs1)C(C)C. The first-order valence-corrected chi connectivity index (χ1v) is 6.87. The summed E-state index contributed by atoms with van der Waals surface area (Å²) in [5.74, 6) is 6.34. The van der Waals surface area contributed by atoms with Crippen molar-refractivity contribution in [2.75, 3.05) is 6.54 Å². The third kappa shape index (κ3) is 4.36. The number of nitrogens with two attached hydrogens (primary N) is 1. The highest BCUT2D eigenvalue weighted by Crippen LogP contribution is 2.14. The Kier molecular flexibility index (Phi) is 6.00. The highest BCUT2D eigenvalue weighted by Gasteiger charge is 2.14. The van der Waals surface area contributed by atoms with Crippen LogP contribution in [0.15, 0.2) is 22.5 Å². The van der Waals surface area contributed by atoms with Crippen molar-refractivity contribution in [1.29, 1.82) is 0 Å². The van der Waals surface area contributed by atoms with E-state index in [-0.39, 0.29) is 0 Å². The van der Waals surface area contributed by atoms with Crippen molar-refractivity contribution in [2.45, 2.75) is 39.8 Å². The minimum Gasteiger partial charge on any atom is -0.334 e. The standard InChI is InChI=1S/C12H22N4S/c1-4-7-14-12(15-13)16(10(2)3)9-11-6-5-8-17-11/h5-6,8,10H,4,7,9,13H2,1-3H3,(H,14,15). The maximum absolute atomic E-state index is 5.56. The van der Waals surface area contributed by atoms with E-state index in [1.165, 1.54) is 4.88 Å². The van der Waals surface area contributed by atoms with Crippen LogP contribution in [0.5, 0.6) is 0 Å². The molecule has 0 saturated carbocycles. The molecule has 0 aliphatic rings. The Balaban J connectivity index is 2.76. The Morgan fingerprint density at radius 2 is 2.35 bits per heavy atom. The fraction of sp³-hybridized carbons (Fsp3) is 0.583. The van der Waals surface area contributed by atoms with Crippen LogP contribution in [0.25, 0.3) is 0 Å². The number of hydrogen-bond acceptors (Lipinski definition) is 3. The molecule has 0 atom stereocenters. The molecule has 0 aromatic carbocycles. The van der Waals surface area contributed by atoms with Crippen LogP contribution in [0.1, 0.15) is 32.1 Å². The lowest BCUT2D eigenvalue weighted by atomic mass is 10.3. The van der Waals surface area contributed by atoms with Gasteiger partial charge in [-0.1, -0.05) is 13.0 Å². The van der Waals surface area contributed by atoms with E-state index in [9.17, 15) is 0 Å². The zero-order valence-electron chi connectivity index (χ0n) is 10.8. The van der Waals surface area contributed by atoms with Gasteiger partial charge in [-0.05, 0) is 31.7 Å². The largest absolute Gasteiger partial charge is 0.334 e. The van der Waals surface area contributed by atoms with Gasteiger partial charge in [-0.3, -0.25) is 10.4 Å². The van der Waals surface area contributed by atoms with Gasteiger partial charge in [0.25, 0.3) is 0 Å². The van der Waals surface area contributed by atoms with Crippen molar-refractivity contribution in [3.05, 3.63) is 22.4 Å². The number of hydrogen-bond donors (Lipinski definition) is 2. The molecule has 0 fully saturated rings. The van der Waals surface area contributed by atoms with Crippen LogP contribution >= 0.6 is 11.3 Å². The average Bonchev–Trinajstić information content (AvgIpc) is 2.81. The summed E-state index contributed by atoms with van der Waals surface area (Å²) in [4.78, 5) is 7.97. The van der Waals surface area contributed by atoms with Gasteiger partial charge in [-0.25, -0.2) is 5.84 Å². The van der Waals surface area contributed by atoms with Crippen molar-refractivity contribution in [1.82, 2.24) is 10.3 Å². The Hall–Kier alpha value is -1.07. The second kappa shape index (κ2) is 7.29. The maximum atomic E-state index is 5.56. The quantitative estimate of drug-likeness (QED) is 0.366. The van der Waals surface area contributed by atoms with Crippen LogP contribution < -0.4 is 11.3 Å². The monoisotopic (exact) mass is 254 g/mol. The smallest absolute Gasteiger partial charge is 0.208 e. The van der Waals surface area contributed by atoms with Gasteiger partial charge in [0.15, 0.2) is 0 Å². The van der Waals surface area contributed by atoms with E-state index in [0.717, 1.165) is 25.5 Å². The number of aliphatic imine (C=N–C) groups is 1. The van der Waals surface area contributed by atoms with Crippen molar-refractivity contribution in [3.8, 4) is 0 Å². The highest BCUT2D eigenvalue weighted by atomic mass is 32.1. The summed E-state index contributed by atoms with van der Waals surface area (Å²) >= 11 is 1.76. The van der Waals surface area contributed by atoms with Crippen LogP contribution in [-0.4, -0.2) is 23.4 Å². The van der Waals surface area contributed by atoms with Gasteiger partial charge < -0.3 is 4.90 Å². The number of nitrogens with one attached hydrogen (secondary N) is 1. The summed E-state index contributed by atoms with van der Waals surface area (Å²) in [7, 11) is 0. The van der Waals surface area contributed by atoms with E-state index in [1.807, 2.05) is 0 Å². The van der Waals surface area contributed by atoms with Crippen molar-refractivity contribution in [3.63, 3.8) is 0 Å². The molecule has 96 valence electrons. The predicted octanol–water partition coefficient (Wildman–Crippen LogP) is 2.19. The molecule has 1 heterocycles. The number of hydrazine groups is 1. The molecule has 0 saturated heterocycles. The van der Waals surface area contributed by atoms with Gasteiger partial charge in [0, 0.05) is 17.5 Å². The summed E-state index contributed by atoms with van der Waals surface area (Å²) in [6.45, 7) is 8.05. The summed E-state index contributed by atoms with van der Waals surface area (Å²) in [6.07, 6.45) is 1.02. The number of thiophene rings is 1. The van der Waals surface area contributed by atoms with Crippen LogP contribution in [0.2, 0.25) is 0 Å². The third-order valence-corrected chi connectivity index (χ3v) is 3.28. The molecular weight excluding hydrogens is 232 g/mol. The van der Waals surface area contributed by atoms with Crippen LogP contribution in [0.4, 0.5) is 0 Å². The van der Waals surface area contributed by atoms with E-state index in [4.69, 9.17) is 5.84 Å². The molecule has 5 heteroatoms. The summed E-state index contributed by atoms with van der Waals surface area (Å²) in [5.41, 5.74) is 2.71. The topological polar surface area (TPSA) is 53.6 Å². The number of guanidine groups is 1. The average molecular weight is 254 g/mol. The zero-order valence-corrected chi connectivity index (χ0v) is 11.6. The van der Waals surface area contributed by atoms with Gasteiger partial charge in [0.2, 0.25) is 5.96 Å². The Morgan fingerprint density at radius 1 is 1.59 bits per heavy atom. The fourth-order valence-electron chi connectivity index (χ4n) is 1.51. The molecule has 0 spiro atoms. The van der Waals surface area contributed by atoms with E-state index >= 15 is 0 Å². The van der Waals surface area contributed by atoms with E-state index in [2.05, 4.69) is 53.6 Å². The van der Waals surface area contributed by atoms with Crippen LogP contribution in [0.3, 0.4) is 0 Å². The molecule has 0 amide bonds. The summed E-state index contributed by atoms with van der Waals surface area (Å²) in [5, 5.41) is 2.09. The lowest BCUT2D eigenvalue weighted by molar-refractivity contribution is 0.332. The molecule has 0 unspecified atom stereocenters. The molecule has 1 aromatic rings. The Morgan fingerprint density at radius 3 is 2.82 bits per heavy atom. The zero-order chi connectivity index (χ0) is 12.7. The first kappa shape index (κ1) is 14.0. The fourth-order valence-corrected chi connectivity index (χ4v) is 2.21. The molecule has 3 N–H and O–H groups in total. The van der Waals surface area contributed by atoms with Gasteiger partial charge >= 0.3 is 0 Å².